The third-order valence-corrected chi connectivity index (χ3v) is 2.12. The minimum absolute atomic E-state index is 0.0381. The van der Waals surface area contributed by atoms with Gasteiger partial charge < -0.3 is 9.84 Å². The molecule has 0 atom stereocenters. The van der Waals surface area contributed by atoms with Crippen LogP contribution in [0.3, 0.4) is 0 Å². The summed E-state index contributed by atoms with van der Waals surface area (Å²) in [5.74, 6) is -1.05. The maximum atomic E-state index is 12.9. The van der Waals surface area contributed by atoms with Gasteiger partial charge in [-0.3, -0.25) is 4.79 Å². The van der Waals surface area contributed by atoms with Gasteiger partial charge in [0.05, 0.1) is 17.5 Å². The molecule has 3 nitrogen and oxygen atoms in total. The van der Waals surface area contributed by atoms with Crippen LogP contribution in [0.25, 0.3) is 0 Å². The fraction of sp³-hybridized carbons (Fsp3) is 0.222. The van der Waals surface area contributed by atoms with Gasteiger partial charge in [-0.25, -0.2) is 4.39 Å². The zero-order valence-corrected chi connectivity index (χ0v) is 8.75. The van der Waals surface area contributed by atoms with E-state index >= 15 is 0 Å². The van der Waals surface area contributed by atoms with E-state index in [4.69, 9.17) is 9.84 Å². The van der Waals surface area contributed by atoms with Crippen LogP contribution in [0.2, 0.25) is 0 Å². The molecule has 0 aliphatic rings. The Bertz CT molecular complexity index is 341. The van der Waals surface area contributed by atoms with Crippen molar-refractivity contribution in [3.8, 4) is 5.75 Å². The summed E-state index contributed by atoms with van der Waals surface area (Å²) in [6, 6.07) is 4.27. The molecule has 0 aromatic heterocycles. The third kappa shape index (κ3) is 3.33. The summed E-state index contributed by atoms with van der Waals surface area (Å²) < 4.78 is 18.3. The van der Waals surface area contributed by atoms with Crippen LogP contribution in [-0.2, 0) is 4.79 Å². The minimum Gasteiger partial charge on any atom is -0.493 e. The van der Waals surface area contributed by atoms with Crippen molar-refractivity contribution in [2.24, 2.45) is 0 Å². The molecule has 0 saturated heterocycles. The normalized spacial score (nSPS) is 9.86. The largest absolute Gasteiger partial charge is 0.493 e. The highest BCUT2D eigenvalue weighted by atomic mass is 79.9. The van der Waals surface area contributed by atoms with Gasteiger partial charge in [0.2, 0.25) is 0 Å². The van der Waals surface area contributed by atoms with E-state index in [-0.39, 0.29) is 13.0 Å². The van der Waals surface area contributed by atoms with Gasteiger partial charge in [-0.2, -0.15) is 0 Å². The molecule has 0 heterocycles. The number of carbonyl (C=O) groups is 1. The Balaban J connectivity index is 2.51. The first kappa shape index (κ1) is 11.0. The van der Waals surface area contributed by atoms with E-state index in [1.807, 2.05) is 0 Å². The van der Waals surface area contributed by atoms with Crippen LogP contribution in [0.5, 0.6) is 5.75 Å². The first-order chi connectivity index (χ1) is 6.59. The molecule has 0 aliphatic heterocycles. The van der Waals surface area contributed by atoms with Gasteiger partial charge in [0.15, 0.2) is 0 Å². The SMILES string of the molecule is O=C(O)CCOc1ccc(Br)c(F)c1. The number of aliphatic carboxylic acids is 1. The highest BCUT2D eigenvalue weighted by Crippen LogP contribution is 2.20. The Morgan fingerprint density at radius 3 is 2.86 bits per heavy atom. The number of hydrogen-bond acceptors (Lipinski definition) is 2. The van der Waals surface area contributed by atoms with Crippen LogP contribution in [0, 0.1) is 5.82 Å². The van der Waals surface area contributed by atoms with Gasteiger partial charge in [-0.05, 0) is 28.1 Å². The Morgan fingerprint density at radius 1 is 1.57 bits per heavy atom. The highest BCUT2D eigenvalue weighted by molar-refractivity contribution is 9.10. The monoisotopic (exact) mass is 262 g/mol. The highest BCUT2D eigenvalue weighted by Gasteiger charge is 2.02. The van der Waals surface area contributed by atoms with E-state index in [0.29, 0.717) is 10.2 Å². The standard InChI is InChI=1S/C9H8BrFO3/c10-7-2-1-6(5-8(7)11)14-4-3-9(12)13/h1-2,5H,3-4H2,(H,12,13). The zero-order valence-electron chi connectivity index (χ0n) is 7.17. The molecule has 0 radical (unpaired) electrons. The second-order valence-electron chi connectivity index (χ2n) is 2.57. The van der Waals surface area contributed by atoms with Crippen molar-refractivity contribution in [1.29, 1.82) is 0 Å². The van der Waals surface area contributed by atoms with E-state index in [1.54, 1.807) is 6.07 Å². The quantitative estimate of drug-likeness (QED) is 0.907. The molecule has 0 aliphatic carbocycles. The molecule has 0 fully saturated rings. The predicted molar refractivity (Wildman–Crippen MR) is 51.8 cm³/mol. The Labute approximate surface area is 88.6 Å². The number of hydrogen-bond donors (Lipinski definition) is 1. The predicted octanol–water partition coefficient (Wildman–Crippen LogP) is 2.44. The third-order valence-electron chi connectivity index (χ3n) is 1.48. The summed E-state index contributed by atoms with van der Waals surface area (Å²) in [5.41, 5.74) is 0. The van der Waals surface area contributed by atoms with Crippen molar-refractivity contribution < 1.29 is 19.0 Å². The maximum absolute atomic E-state index is 12.9. The average molecular weight is 263 g/mol. The molecule has 0 bridgehead atoms. The van der Waals surface area contributed by atoms with Gasteiger partial charge in [0.25, 0.3) is 0 Å². The molecular formula is C9H8BrFO3. The van der Waals surface area contributed by atoms with Crippen LogP contribution in [0.15, 0.2) is 22.7 Å². The molecule has 1 aromatic carbocycles. The second-order valence-corrected chi connectivity index (χ2v) is 3.42. The van der Waals surface area contributed by atoms with Gasteiger partial charge >= 0.3 is 5.97 Å². The van der Waals surface area contributed by atoms with Gasteiger partial charge in [-0.15, -0.1) is 0 Å². The average Bonchev–Trinajstić information content (AvgIpc) is 2.10. The van der Waals surface area contributed by atoms with Crippen LogP contribution in [-0.4, -0.2) is 17.7 Å². The molecule has 1 aromatic rings. The van der Waals surface area contributed by atoms with Crippen molar-refractivity contribution in [3.63, 3.8) is 0 Å². The van der Waals surface area contributed by atoms with Crippen LogP contribution >= 0.6 is 15.9 Å². The lowest BCUT2D eigenvalue weighted by Gasteiger charge is -2.04. The van der Waals surface area contributed by atoms with Gasteiger partial charge in [0.1, 0.15) is 11.6 Å². The minimum atomic E-state index is -0.942. The summed E-state index contributed by atoms with van der Waals surface area (Å²) in [7, 11) is 0. The lowest BCUT2D eigenvalue weighted by atomic mass is 10.3. The number of rotatable bonds is 4. The van der Waals surface area contributed by atoms with Gasteiger partial charge in [0, 0.05) is 6.07 Å². The number of carboxylic acid groups (broad SMARTS) is 1. The Morgan fingerprint density at radius 2 is 2.29 bits per heavy atom. The number of ether oxygens (including phenoxy) is 1. The van der Waals surface area contributed by atoms with Crippen molar-refractivity contribution >= 4 is 21.9 Å². The molecule has 0 amide bonds. The molecule has 0 unspecified atom stereocenters. The van der Waals surface area contributed by atoms with E-state index in [0.717, 1.165) is 0 Å². The Kier molecular flexibility index (Phi) is 3.88. The lowest BCUT2D eigenvalue weighted by molar-refractivity contribution is -0.137. The summed E-state index contributed by atoms with van der Waals surface area (Å²) in [6.07, 6.45) is -0.0995. The number of halogens is 2. The zero-order chi connectivity index (χ0) is 10.6. The maximum Gasteiger partial charge on any atom is 0.306 e. The number of benzene rings is 1. The summed E-state index contributed by atoms with van der Waals surface area (Å²) >= 11 is 3.00. The molecule has 1 N–H and O–H groups in total. The fourth-order valence-corrected chi connectivity index (χ4v) is 1.07. The summed E-state index contributed by atoms with van der Waals surface area (Å²) in [5, 5.41) is 8.33. The van der Waals surface area contributed by atoms with Gasteiger partial charge in [-0.1, -0.05) is 0 Å². The first-order valence-corrected chi connectivity index (χ1v) is 4.68. The van der Waals surface area contributed by atoms with Crippen molar-refractivity contribution in [2.45, 2.75) is 6.42 Å². The molecule has 14 heavy (non-hydrogen) atoms. The number of carboxylic acids is 1. The van der Waals surface area contributed by atoms with Crippen LogP contribution in [0.1, 0.15) is 6.42 Å². The summed E-state index contributed by atoms with van der Waals surface area (Å²) in [4.78, 5) is 10.1. The van der Waals surface area contributed by atoms with E-state index in [9.17, 15) is 9.18 Å². The first-order valence-electron chi connectivity index (χ1n) is 3.89. The van der Waals surface area contributed by atoms with Crippen molar-refractivity contribution in [3.05, 3.63) is 28.5 Å². The molecule has 1 rings (SSSR count). The second kappa shape index (κ2) is 4.95. The van der Waals surface area contributed by atoms with E-state index in [1.165, 1.54) is 12.1 Å². The molecule has 0 spiro atoms. The molecular weight excluding hydrogens is 255 g/mol. The lowest BCUT2D eigenvalue weighted by Crippen LogP contribution is -2.04. The molecule has 5 heteroatoms. The van der Waals surface area contributed by atoms with Crippen LogP contribution < -0.4 is 4.74 Å². The van der Waals surface area contributed by atoms with Crippen LogP contribution in [0.4, 0.5) is 4.39 Å². The molecule has 0 saturated carbocycles. The van der Waals surface area contributed by atoms with E-state index in [2.05, 4.69) is 15.9 Å². The Hall–Kier alpha value is -1.10. The topological polar surface area (TPSA) is 46.5 Å². The van der Waals surface area contributed by atoms with Crippen molar-refractivity contribution in [2.75, 3.05) is 6.61 Å². The fourth-order valence-electron chi connectivity index (χ4n) is 0.823. The van der Waals surface area contributed by atoms with Crippen molar-refractivity contribution in [1.82, 2.24) is 0 Å². The van der Waals surface area contributed by atoms with E-state index < -0.39 is 11.8 Å². The summed E-state index contributed by atoms with van der Waals surface area (Å²) in [6.45, 7) is 0.0381. The smallest absolute Gasteiger partial charge is 0.306 e. The molecule has 76 valence electrons.